The molecule has 0 unspecified atom stereocenters. The number of nitriles is 1. The van der Waals surface area contributed by atoms with Gasteiger partial charge in [0, 0.05) is 6.20 Å². The van der Waals surface area contributed by atoms with Gasteiger partial charge in [-0.15, -0.1) is 0 Å². The van der Waals surface area contributed by atoms with E-state index in [9.17, 15) is 4.79 Å². The van der Waals surface area contributed by atoms with Crippen molar-refractivity contribution < 1.29 is 0 Å². The molecule has 3 nitrogen and oxygen atoms in total. The summed E-state index contributed by atoms with van der Waals surface area (Å²) in [6.07, 6.45) is 1.66. The molecule has 3 heteroatoms. The van der Waals surface area contributed by atoms with Crippen LogP contribution >= 0.6 is 0 Å². The minimum atomic E-state index is -0.324. The van der Waals surface area contributed by atoms with Crippen molar-refractivity contribution in [3.63, 3.8) is 0 Å². The van der Waals surface area contributed by atoms with Crippen LogP contribution in [-0.4, -0.2) is 4.98 Å². The smallest absolute Gasteiger partial charge is 0.265 e. The minimum Gasteiger partial charge on any atom is -0.328 e. The van der Waals surface area contributed by atoms with Gasteiger partial charge in [0.25, 0.3) is 5.56 Å². The molecule has 0 spiro atoms. The Balaban J connectivity index is 3.32. The van der Waals surface area contributed by atoms with Crippen LogP contribution in [0.4, 0.5) is 0 Å². The van der Waals surface area contributed by atoms with Crippen LogP contribution in [0, 0.1) is 11.3 Å². The molecule has 68 valence electrons. The van der Waals surface area contributed by atoms with Crippen LogP contribution in [0.1, 0.15) is 31.9 Å². The Morgan fingerprint density at radius 1 is 1.46 bits per heavy atom. The molecule has 13 heavy (non-hydrogen) atoms. The zero-order valence-electron chi connectivity index (χ0n) is 8.01. The van der Waals surface area contributed by atoms with Gasteiger partial charge in [0.1, 0.15) is 11.6 Å². The molecule has 0 aromatic carbocycles. The topological polar surface area (TPSA) is 56.6 Å². The van der Waals surface area contributed by atoms with E-state index in [0.29, 0.717) is 0 Å². The van der Waals surface area contributed by atoms with E-state index in [0.717, 1.165) is 5.56 Å². The summed E-state index contributed by atoms with van der Waals surface area (Å²) < 4.78 is 0. The SMILES string of the molecule is CC(C)(C)c1c[nH]c(=O)c(C#N)c1. The first kappa shape index (κ1) is 9.53. The molecular formula is C10H12N2O. The lowest BCUT2D eigenvalue weighted by Gasteiger charge is -2.18. The lowest BCUT2D eigenvalue weighted by molar-refractivity contribution is 0.586. The van der Waals surface area contributed by atoms with Crippen LogP contribution in [0.25, 0.3) is 0 Å². The van der Waals surface area contributed by atoms with Gasteiger partial charge in [-0.25, -0.2) is 0 Å². The molecule has 0 aliphatic rings. The van der Waals surface area contributed by atoms with E-state index in [4.69, 9.17) is 5.26 Å². The molecule has 0 radical (unpaired) electrons. The number of nitrogens with zero attached hydrogens (tertiary/aromatic N) is 1. The molecule has 0 aliphatic heterocycles. The Kier molecular flexibility index (Phi) is 2.24. The van der Waals surface area contributed by atoms with Gasteiger partial charge in [0.15, 0.2) is 0 Å². The summed E-state index contributed by atoms with van der Waals surface area (Å²) in [6, 6.07) is 3.50. The fourth-order valence-electron chi connectivity index (χ4n) is 1.000. The van der Waals surface area contributed by atoms with E-state index in [1.807, 2.05) is 26.8 Å². The first-order valence-electron chi connectivity index (χ1n) is 4.08. The van der Waals surface area contributed by atoms with Crippen molar-refractivity contribution in [2.24, 2.45) is 0 Å². The average Bonchev–Trinajstić information content (AvgIpc) is 2.03. The van der Waals surface area contributed by atoms with E-state index in [-0.39, 0.29) is 16.5 Å². The summed E-state index contributed by atoms with van der Waals surface area (Å²) in [6.45, 7) is 6.09. The van der Waals surface area contributed by atoms with Crippen LogP contribution in [-0.2, 0) is 5.41 Å². The van der Waals surface area contributed by atoms with Crippen molar-refractivity contribution in [2.45, 2.75) is 26.2 Å². The lowest BCUT2D eigenvalue weighted by Crippen LogP contribution is -2.17. The highest BCUT2D eigenvalue weighted by Crippen LogP contribution is 2.20. The lowest BCUT2D eigenvalue weighted by atomic mass is 9.88. The van der Waals surface area contributed by atoms with Gasteiger partial charge >= 0.3 is 0 Å². The average molecular weight is 176 g/mol. The molecular weight excluding hydrogens is 164 g/mol. The van der Waals surface area contributed by atoms with Crippen molar-refractivity contribution in [1.82, 2.24) is 4.98 Å². The van der Waals surface area contributed by atoms with E-state index < -0.39 is 0 Å². The van der Waals surface area contributed by atoms with Crippen LogP contribution in [0.3, 0.4) is 0 Å². The molecule has 1 aromatic heterocycles. The Morgan fingerprint density at radius 2 is 2.08 bits per heavy atom. The maximum absolute atomic E-state index is 11.1. The highest BCUT2D eigenvalue weighted by molar-refractivity contribution is 5.32. The van der Waals surface area contributed by atoms with E-state index in [1.165, 1.54) is 0 Å². The van der Waals surface area contributed by atoms with Gasteiger partial charge in [0.2, 0.25) is 0 Å². The molecule has 1 aromatic rings. The predicted molar refractivity (Wildman–Crippen MR) is 50.5 cm³/mol. The van der Waals surface area contributed by atoms with E-state index >= 15 is 0 Å². The maximum Gasteiger partial charge on any atom is 0.265 e. The summed E-state index contributed by atoms with van der Waals surface area (Å²) in [5, 5.41) is 8.64. The Bertz CT molecular complexity index is 404. The van der Waals surface area contributed by atoms with E-state index in [2.05, 4.69) is 4.98 Å². The minimum absolute atomic E-state index is 0.0458. The first-order chi connectivity index (χ1) is 5.95. The maximum atomic E-state index is 11.1. The normalized spacial score (nSPS) is 10.9. The quantitative estimate of drug-likeness (QED) is 0.652. The van der Waals surface area contributed by atoms with Crippen LogP contribution in [0.15, 0.2) is 17.1 Å². The van der Waals surface area contributed by atoms with Gasteiger partial charge in [-0.1, -0.05) is 20.8 Å². The molecule has 1 rings (SSSR count). The fourth-order valence-corrected chi connectivity index (χ4v) is 1.000. The van der Waals surface area contributed by atoms with Crippen molar-refractivity contribution in [1.29, 1.82) is 5.26 Å². The zero-order chi connectivity index (χ0) is 10.1. The standard InChI is InChI=1S/C10H12N2O/c1-10(2,3)8-4-7(5-11)9(13)12-6-8/h4,6H,1-3H3,(H,12,13). The fraction of sp³-hybridized carbons (Fsp3) is 0.400. The molecule has 0 saturated heterocycles. The molecule has 1 N–H and O–H groups in total. The molecule has 0 atom stereocenters. The van der Waals surface area contributed by atoms with E-state index in [1.54, 1.807) is 12.3 Å². The Labute approximate surface area is 77.0 Å². The summed E-state index contributed by atoms with van der Waals surface area (Å²) in [7, 11) is 0. The van der Waals surface area contributed by atoms with Gasteiger partial charge in [-0.2, -0.15) is 5.26 Å². The Morgan fingerprint density at radius 3 is 2.54 bits per heavy atom. The molecule has 0 fully saturated rings. The highest BCUT2D eigenvalue weighted by atomic mass is 16.1. The summed E-state index contributed by atoms with van der Waals surface area (Å²) >= 11 is 0. The number of hydrogen-bond acceptors (Lipinski definition) is 2. The zero-order valence-corrected chi connectivity index (χ0v) is 8.01. The molecule has 1 heterocycles. The number of hydrogen-bond donors (Lipinski definition) is 1. The second-order valence-corrected chi connectivity index (χ2v) is 3.99. The number of pyridine rings is 1. The molecule has 0 aliphatic carbocycles. The number of aromatic amines is 1. The number of aromatic nitrogens is 1. The van der Waals surface area contributed by atoms with Crippen molar-refractivity contribution >= 4 is 0 Å². The monoisotopic (exact) mass is 176 g/mol. The second kappa shape index (κ2) is 3.06. The van der Waals surface area contributed by atoms with Crippen molar-refractivity contribution in [3.05, 3.63) is 33.7 Å². The third kappa shape index (κ3) is 1.97. The summed E-state index contributed by atoms with van der Waals surface area (Å²) in [4.78, 5) is 13.6. The number of H-pyrrole nitrogens is 1. The molecule has 0 amide bonds. The van der Waals surface area contributed by atoms with Crippen LogP contribution < -0.4 is 5.56 Å². The van der Waals surface area contributed by atoms with Crippen LogP contribution in [0.5, 0.6) is 0 Å². The predicted octanol–water partition coefficient (Wildman–Crippen LogP) is 1.54. The third-order valence-electron chi connectivity index (χ3n) is 1.89. The largest absolute Gasteiger partial charge is 0.328 e. The van der Waals surface area contributed by atoms with Gasteiger partial charge in [-0.3, -0.25) is 4.79 Å². The van der Waals surface area contributed by atoms with Crippen molar-refractivity contribution in [3.8, 4) is 6.07 Å². The highest BCUT2D eigenvalue weighted by Gasteiger charge is 2.14. The van der Waals surface area contributed by atoms with Gasteiger partial charge in [-0.05, 0) is 17.0 Å². The molecule has 0 bridgehead atoms. The van der Waals surface area contributed by atoms with Gasteiger partial charge < -0.3 is 4.98 Å². The second-order valence-electron chi connectivity index (χ2n) is 3.99. The molecule has 0 saturated carbocycles. The number of nitrogens with one attached hydrogen (secondary N) is 1. The third-order valence-corrected chi connectivity index (χ3v) is 1.89. The Hall–Kier alpha value is -1.56. The van der Waals surface area contributed by atoms with Gasteiger partial charge in [0.05, 0.1) is 0 Å². The van der Waals surface area contributed by atoms with Crippen LogP contribution in [0.2, 0.25) is 0 Å². The number of rotatable bonds is 0. The summed E-state index contributed by atoms with van der Waals surface area (Å²) in [5.74, 6) is 0. The first-order valence-corrected chi connectivity index (χ1v) is 4.08. The van der Waals surface area contributed by atoms with Crippen molar-refractivity contribution in [2.75, 3.05) is 0 Å². The summed E-state index contributed by atoms with van der Waals surface area (Å²) in [5.41, 5.74) is 0.766.